The first-order valence-electron chi connectivity index (χ1n) is 7.47. The molecule has 0 aliphatic rings. The maximum atomic E-state index is 12.8. The summed E-state index contributed by atoms with van der Waals surface area (Å²) in [6.45, 7) is 1.82. The minimum atomic E-state index is -4.56. The van der Waals surface area contributed by atoms with E-state index in [1.165, 1.54) is 6.07 Å². The Hall–Kier alpha value is -1.77. The van der Waals surface area contributed by atoms with Crippen molar-refractivity contribution in [1.82, 2.24) is 5.32 Å². The third-order valence-electron chi connectivity index (χ3n) is 3.26. The molecule has 0 spiro atoms. The highest BCUT2D eigenvalue weighted by Crippen LogP contribution is 2.32. The summed E-state index contributed by atoms with van der Waals surface area (Å²) in [4.78, 5) is 11.5. The molecular formula is C15H21F3N2O3S. The fourth-order valence-electron chi connectivity index (χ4n) is 2.05. The van der Waals surface area contributed by atoms with Gasteiger partial charge in [0.2, 0.25) is 15.9 Å². The van der Waals surface area contributed by atoms with Gasteiger partial charge < -0.3 is 5.32 Å². The number of unbranched alkanes of at least 4 members (excludes halogenated alkanes) is 1. The lowest BCUT2D eigenvalue weighted by Gasteiger charge is -2.23. The van der Waals surface area contributed by atoms with Gasteiger partial charge in [-0.15, -0.1) is 0 Å². The molecule has 0 aliphatic carbocycles. The molecule has 1 rings (SSSR count). The van der Waals surface area contributed by atoms with E-state index in [0.29, 0.717) is 6.42 Å². The van der Waals surface area contributed by atoms with Crippen LogP contribution in [0.25, 0.3) is 0 Å². The summed E-state index contributed by atoms with van der Waals surface area (Å²) in [6.07, 6.45) is -1.75. The van der Waals surface area contributed by atoms with E-state index in [1.54, 1.807) is 0 Å². The number of hydrogen-bond donors (Lipinski definition) is 1. The summed E-state index contributed by atoms with van der Waals surface area (Å²) in [7, 11) is -3.78. The zero-order chi connectivity index (χ0) is 18.4. The van der Waals surface area contributed by atoms with E-state index in [2.05, 4.69) is 5.32 Å². The highest BCUT2D eigenvalue weighted by Gasteiger charge is 2.31. The van der Waals surface area contributed by atoms with Crippen molar-refractivity contribution in [3.8, 4) is 0 Å². The summed E-state index contributed by atoms with van der Waals surface area (Å²) in [5.41, 5.74) is -1.02. The van der Waals surface area contributed by atoms with Crippen molar-refractivity contribution < 1.29 is 26.4 Å². The summed E-state index contributed by atoms with van der Waals surface area (Å²) in [5.74, 6) is -0.214. The zero-order valence-electron chi connectivity index (χ0n) is 13.6. The lowest BCUT2D eigenvalue weighted by Crippen LogP contribution is -2.38. The Morgan fingerprint density at radius 3 is 2.50 bits per heavy atom. The monoisotopic (exact) mass is 366 g/mol. The summed E-state index contributed by atoms with van der Waals surface area (Å²) < 4.78 is 62.9. The summed E-state index contributed by atoms with van der Waals surface area (Å²) in [5, 5.41) is 2.57. The molecule has 0 saturated heterocycles. The van der Waals surface area contributed by atoms with Crippen LogP contribution in [0.3, 0.4) is 0 Å². The quantitative estimate of drug-likeness (QED) is 0.769. The second-order valence-corrected chi connectivity index (χ2v) is 7.24. The van der Waals surface area contributed by atoms with Crippen molar-refractivity contribution in [2.75, 3.05) is 23.7 Å². The first kappa shape index (κ1) is 20.3. The van der Waals surface area contributed by atoms with Crippen LogP contribution in [0, 0.1) is 0 Å². The number of sulfonamides is 1. The Morgan fingerprint density at radius 1 is 1.29 bits per heavy atom. The molecule has 0 bridgehead atoms. The van der Waals surface area contributed by atoms with Crippen LogP contribution in [0.15, 0.2) is 24.3 Å². The summed E-state index contributed by atoms with van der Waals surface area (Å²) in [6, 6.07) is 4.09. The van der Waals surface area contributed by atoms with Crippen LogP contribution in [0.2, 0.25) is 0 Å². The summed E-state index contributed by atoms with van der Waals surface area (Å²) >= 11 is 0. The standard InChI is InChI=1S/C15H21F3N2O3S/c1-3-4-8-14(21)19-9-10-20(24(2,22)23)13-7-5-6-12(11-13)15(16,17)18/h5-7,11H,3-4,8-10H2,1-2H3,(H,19,21). The Morgan fingerprint density at radius 2 is 1.96 bits per heavy atom. The van der Waals surface area contributed by atoms with E-state index < -0.39 is 21.8 Å². The molecule has 5 nitrogen and oxygen atoms in total. The van der Waals surface area contributed by atoms with E-state index in [1.807, 2.05) is 6.92 Å². The van der Waals surface area contributed by atoms with Crippen LogP contribution in [0.5, 0.6) is 0 Å². The first-order valence-corrected chi connectivity index (χ1v) is 9.32. The van der Waals surface area contributed by atoms with Crippen LogP contribution in [0.1, 0.15) is 31.7 Å². The number of anilines is 1. The molecule has 0 aromatic heterocycles. The number of benzene rings is 1. The maximum Gasteiger partial charge on any atom is 0.416 e. The molecule has 9 heteroatoms. The van der Waals surface area contributed by atoms with Crippen molar-refractivity contribution in [3.05, 3.63) is 29.8 Å². The number of halogens is 3. The Kier molecular flexibility index (Phi) is 7.07. The van der Waals surface area contributed by atoms with Gasteiger partial charge in [-0.1, -0.05) is 19.4 Å². The fraction of sp³-hybridized carbons (Fsp3) is 0.533. The van der Waals surface area contributed by atoms with E-state index in [4.69, 9.17) is 0 Å². The van der Waals surface area contributed by atoms with Crippen molar-refractivity contribution in [3.63, 3.8) is 0 Å². The Bertz CT molecular complexity index is 660. The second-order valence-electron chi connectivity index (χ2n) is 5.34. The predicted molar refractivity (Wildman–Crippen MR) is 86.2 cm³/mol. The third kappa shape index (κ3) is 6.38. The number of rotatable bonds is 8. The van der Waals surface area contributed by atoms with Crippen molar-refractivity contribution in [2.45, 2.75) is 32.4 Å². The molecule has 136 valence electrons. The SMILES string of the molecule is CCCCC(=O)NCCN(c1cccc(C(F)(F)F)c1)S(C)(=O)=O. The molecular weight excluding hydrogens is 345 g/mol. The van der Waals surface area contributed by atoms with Crippen LogP contribution in [0.4, 0.5) is 18.9 Å². The smallest absolute Gasteiger partial charge is 0.354 e. The molecule has 1 aromatic carbocycles. The van der Waals surface area contributed by atoms with Gasteiger partial charge in [0.1, 0.15) is 0 Å². The lowest BCUT2D eigenvalue weighted by molar-refractivity contribution is -0.137. The van der Waals surface area contributed by atoms with Crippen molar-refractivity contribution in [2.24, 2.45) is 0 Å². The van der Waals surface area contributed by atoms with Gasteiger partial charge in [0.25, 0.3) is 0 Å². The Labute approximate surface area is 139 Å². The average molecular weight is 366 g/mol. The van der Waals surface area contributed by atoms with Crippen molar-refractivity contribution >= 4 is 21.6 Å². The van der Waals surface area contributed by atoms with E-state index in [0.717, 1.165) is 41.6 Å². The van der Waals surface area contributed by atoms with Crippen LogP contribution in [-0.4, -0.2) is 33.7 Å². The molecule has 0 atom stereocenters. The molecule has 0 unspecified atom stereocenters. The van der Waals surface area contributed by atoms with E-state index in [9.17, 15) is 26.4 Å². The van der Waals surface area contributed by atoms with Gasteiger partial charge in [-0.2, -0.15) is 13.2 Å². The van der Waals surface area contributed by atoms with Gasteiger partial charge in [-0.05, 0) is 24.6 Å². The molecule has 1 aromatic rings. The number of carbonyl (C=O) groups excluding carboxylic acids is 1. The topological polar surface area (TPSA) is 66.5 Å². The highest BCUT2D eigenvalue weighted by atomic mass is 32.2. The molecule has 0 heterocycles. The minimum Gasteiger partial charge on any atom is -0.354 e. The van der Waals surface area contributed by atoms with E-state index >= 15 is 0 Å². The van der Waals surface area contributed by atoms with Gasteiger partial charge >= 0.3 is 6.18 Å². The molecule has 0 aliphatic heterocycles. The molecule has 0 saturated carbocycles. The van der Waals surface area contributed by atoms with Crippen molar-refractivity contribution in [1.29, 1.82) is 0 Å². The minimum absolute atomic E-state index is 0.0197. The predicted octanol–water partition coefficient (Wildman–Crippen LogP) is 2.78. The molecule has 0 radical (unpaired) electrons. The number of amides is 1. The highest BCUT2D eigenvalue weighted by molar-refractivity contribution is 7.92. The maximum absolute atomic E-state index is 12.8. The van der Waals surface area contributed by atoms with Gasteiger partial charge in [0.05, 0.1) is 24.1 Å². The van der Waals surface area contributed by atoms with Gasteiger partial charge in [0, 0.05) is 13.0 Å². The number of alkyl halides is 3. The fourth-order valence-corrected chi connectivity index (χ4v) is 2.97. The number of carbonyl (C=O) groups is 1. The largest absolute Gasteiger partial charge is 0.416 e. The number of hydrogen-bond acceptors (Lipinski definition) is 3. The van der Waals surface area contributed by atoms with Gasteiger partial charge in [-0.25, -0.2) is 8.42 Å². The number of nitrogens with one attached hydrogen (secondary N) is 1. The van der Waals surface area contributed by atoms with Crippen LogP contribution < -0.4 is 9.62 Å². The average Bonchev–Trinajstić information content (AvgIpc) is 2.47. The molecule has 1 N–H and O–H groups in total. The van der Waals surface area contributed by atoms with Crippen LogP contribution in [-0.2, 0) is 21.0 Å². The number of nitrogens with zero attached hydrogens (tertiary/aromatic N) is 1. The van der Waals surface area contributed by atoms with Gasteiger partial charge in [-0.3, -0.25) is 9.10 Å². The zero-order valence-corrected chi connectivity index (χ0v) is 14.4. The third-order valence-corrected chi connectivity index (χ3v) is 4.45. The Balaban J connectivity index is 2.86. The lowest BCUT2D eigenvalue weighted by atomic mass is 10.2. The van der Waals surface area contributed by atoms with Crippen LogP contribution >= 0.6 is 0 Å². The second kappa shape index (κ2) is 8.36. The molecule has 0 fully saturated rings. The van der Waals surface area contributed by atoms with Gasteiger partial charge in [0.15, 0.2) is 0 Å². The normalized spacial score (nSPS) is 12.0. The molecule has 24 heavy (non-hydrogen) atoms. The molecule has 1 amide bonds. The van der Waals surface area contributed by atoms with E-state index in [-0.39, 0.29) is 24.7 Å². The first-order chi connectivity index (χ1) is 11.1.